The number of rotatable bonds is 8. The second kappa shape index (κ2) is 7.67. The van der Waals surface area contributed by atoms with Crippen molar-refractivity contribution in [3.05, 3.63) is 17.5 Å². The molecule has 1 aromatic heterocycles. The van der Waals surface area contributed by atoms with Crippen molar-refractivity contribution < 1.29 is 14.7 Å². The Morgan fingerprint density at radius 2 is 2.10 bits per heavy atom. The highest BCUT2D eigenvalue weighted by Crippen LogP contribution is 2.07. The lowest BCUT2D eigenvalue weighted by atomic mass is 10.0. The predicted octanol–water partition coefficient (Wildman–Crippen LogP) is 1.51. The van der Waals surface area contributed by atoms with Gasteiger partial charge in [-0.3, -0.25) is 14.3 Å². The van der Waals surface area contributed by atoms with Crippen LogP contribution in [-0.4, -0.2) is 33.3 Å². The fraction of sp³-hybridized carbons (Fsp3) is 0.643. The Hall–Kier alpha value is -1.85. The van der Waals surface area contributed by atoms with Crippen molar-refractivity contribution in [2.75, 3.05) is 6.54 Å². The topological polar surface area (TPSA) is 84.2 Å². The molecule has 1 atom stereocenters. The molecule has 112 valence electrons. The summed E-state index contributed by atoms with van der Waals surface area (Å²) in [5, 5.41) is 15.8. The Bertz CT molecular complexity index is 468. The van der Waals surface area contributed by atoms with E-state index < -0.39 is 5.97 Å². The monoisotopic (exact) mass is 281 g/mol. The van der Waals surface area contributed by atoms with Gasteiger partial charge in [0.25, 0.3) is 0 Å². The first-order valence-corrected chi connectivity index (χ1v) is 6.88. The highest BCUT2D eigenvalue weighted by atomic mass is 16.4. The zero-order valence-corrected chi connectivity index (χ0v) is 12.3. The molecule has 0 aliphatic carbocycles. The normalized spacial score (nSPS) is 12.2. The fourth-order valence-corrected chi connectivity index (χ4v) is 2.12. The molecule has 1 amide bonds. The number of hydrogen-bond donors (Lipinski definition) is 2. The zero-order chi connectivity index (χ0) is 15.1. The van der Waals surface area contributed by atoms with E-state index in [1.807, 2.05) is 24.6 Å². The molecule has 0 fully saturated rings. The molecule has 0 spiro atoms. The maximum atomic E-state index is 11.6. The van der Waals surface area contributed by atoms with Gasteiger partial charge in [-0.2, -0.15) is 5.10 Å². The molecule has 0 radical (unpaired) electrons. The van der Waals surface area contributed by atoms with Gasteiger partial charge in [0.05, 0.1) is 5.69 Å². The Morgan fingerprint density at radius 1 is 1.40 bits per heavy atom. The van der Waals surface area contributed by atoms with Gasteiger partial charge in [0.2, 0.25) is 5.91 Å². The summed E-state index contributed by atoms with van der Waals surface area (Å²) in [7, 11) is 0. The minimum absolute atomic E-state index is 0.0270. The number of carbonyl (C=O) groups is 2. The predicted molar refractivity (Wildman–Crippen MR) is 75.4 cm³/mol. The van der Waals surface area contributed by atoms with E-state index in [1.54, 1.807) is 6.92 Å². The van der Waals surface area contributed by atoms with E-state index in [9.17, 15) is 9.59 Å². The maximum absolute atomic E-state index is 11.6. The molecule has 0 aliphatic heterocycles. The summed E-state index contributed by atoms with van der Waals surface area (Å²) in [6.45, 7) is 7.08. The Balaban J connectivity index is 2.19. The summed E-state index contributed by atoms with van der Waals surface area (Å²) in [5.74, 6) is -1.09. The van der Waals surface area contributed by atoms with Crippen LogP contribution in [0.4, 0.5) is 0 Å². The van der Waals surface area contributed by atoms with Gasteiger partial charge in [-0.1, -0.05) is 6.92 Å². The molecule has 1 unspecified atom stereocenters. The summed E-state index contributed by atoms with van der Waals surface area (Å²) in [6.07, 6.45) is 1.09. The molecule has 0 saturated carbocycles. The van der Waals surface area contributed by atoms with Gasteiger partial charge in [-0.15, -0.1) is 0 Å². The Kier molecular flexibility index (Phi) is 6.21. The third-order valence-corrected chi connectivity index (χ3v) is 3.03. The second-order valence-electron chi connectivity index (χ2n) is 5.26. The summed E-state index contributed by atoms with van der Waals surface area (Å²) in [6, 6.07) is 2.02. The molecule has 1 rings (SSSR count). The molecule has 6 nitrogen and oxygen atoms in total. The number of aromatic nitrogens is 2. The van der Waals surface area contributed by atoms with Crippen LogP contribution in [0.5, 0.6) is 0 Å². The summed E-state index contributed by atoms with van der Waals surface area (Å²) < 4.78 is 1.93. The van der Waals surface area contributed by atoms with Crippen molar-refractivity contribution in [2.45, 2.75) is 46.6 Å². The van der Waals surface area contributed by atoms with E-state index in [1.165, 1.54) is 0 Å². The molecule has 0 aromatic carbocycles. The van der Waals surface area contributed by atoms with Crippen LogP contribution in [0.15, 0.2) is 6.07 Å². The highest BCUT2D eigenvalue weighted by Gasteiger charge is 2.12. The zero-order valence-electron chi connectivity index (χ0n) is 12.3. The number of nitrogens with one attached hydrogen (secondary N) is 1. The third-order valence-electron chi connectivity index (χ3n) is 3.03. The molecular weight excluding hydrogens is 258 g/mol. The van der Waals surface area contributed by atoms with Crippen LogP contribution in [-0.2, 0) is 16.1 Å². The summed E-state index contributed by atoms with van der Waals surface area (Å²) in [5.41, 5.74) is 2.11. The van der Waals surface area contributed by atoms with Crippen LogP contribution in [0.3, 0.4) is 0 Å². The van der Waals surface area contributed by atoms with Crippen molar-refractivity contribution in [3.8, 4) is 0 Å². The van der Waals surface area contributed by atoms with E-state index in [0.29, 0.717) is 6.54 Å². The van der Waals surface area contributed by atoms with Gasteiger partial charge in [0, 0.05) is 31.6 Å². The van der Waals surface area contributed by atoms with Gasteiger partial charge in [-0.25, -0.2) is 0 Å². The van der Waals surface area contributed by atoms with E-state index in [2.05, 4.69) is 10.4 Å². The number of aryl methyl sites for hydroxylation is 3. The average Bonchev–Trinajstić information content (AvgIpc) is 2.62. The number of hydrogen-bond acceptors (Lipinski definition) is 3. The minimum atomic E-state index is -0.866. The van der Waals surface area contributed by atoms with Gasteiger partial charge in [0.1, 0.15) is 0 Å². The molecule has 20 heavy (non-hydrogen) atoms. The van der Waals surface area contributed by atoms with E-state index in [4.69, 9.17) is 5.11 Å². The average molecular weight is 281 g/mol. The van der Waals surface area contributed by atoms with Crippen molar-refractivity contribution in [2.24, 2.45) is 5.92 Å². The SMILES string of the molecule is Cc1cc(C)n(CCCNC(=O)CC(C)CC(=O)O)n1. The number of aliphatic carboxylic acids is 1. The number of carboxylic acids is 1. The molecule has 0 bridgehead atoms. The summed E-state index contributed by atoms with van der Waals surface area (Å²) >= 11 is 0. The first-order valence-electron chi connectivity index (χ1n) is 6.88. The largest absolute Gasteiger partial charge is 0.481 e. The summed E-state index contributed by atoms with van der Waals surface area (Å²) in [4.78, 5) is 22.1. The lowest BCUT2D eigenvalue weighted by molar-refractivity contribution is -0.138. The van der Waals surface area contributed by atoms with Crippen LogP contribution in [0.2, 0.25) is 0 Å². The number of amides is 1. The second-order valence-corrected chi connectivity index (χ2v) is 5.26. The molecule has 6 heteroatoms. The Morgan fingerprint density at radius 3 is 2.65 bits per heavy atom. The number of carbonyl (C=O) groups excluding carboxylic acids is 1. The van der Waals surface area contributed by atoms with Crippen LogP contribution in [0.1, 0.15) is 37.6 Å². The van der Waals surface area contributed by atoms with Gasteiger partial charge in [-0.05, 0) is 32.3 Å². The lowest BCUT2D eigenvalue weighted by Gasteiger charge is -2.09. The lowest BCUT2D eigenvalue weighted by Crippen LogP contribution is -2.27. The van der Waals surface area contributed by atoms with E-state index in [-0.39, 0.29) is 24.7 Å². The first-order chi connectivity index (χ1) is 9.38. The maximum Gasteiger partial charge on any atom is 0.303 e. The first kappa shape index (κ1) is 16.2. The number of nitrogens with zero attached hydrogens (tertiary/aromatic N) is 2. The molecule has 1 heterocycles. The van der Waals surface area contributed by atoms with Crippen LogP contribution < -0.4 is 5.32 Å². The molecule has 1 aromatic rings. The van der Waals surface area contributed by atoms with Crippen LogP contribution >= 0.6 is 0 Å². The molecule has 0 aliphatic rings. The van der Waals surface area contributed by atoms with Crippen molar-refractivity contribution in [3.63, 3.8) is 0 Å². The third kappa shape index (κ3) is 5.86. The van der Waals surface area contributed by atoms with Crippen LogP contribution in [0.25, 0.3) is 0 Å². The van der Waals surface area contributed by atoms with Crippen molar-refractivity contribution in [1.82, 2.24) is 15.1 Å². The van der Waals surface area contributed by atoms with E-state index >= 15 is 0 Å². The van der Waals surface area contributed by atoms with Gasteiger partial charge in [0.15, 0.2) is 0 Å². The number of carboxylic acid groups (broad SMARTS) is 1. The van der Waals surface area contributed by atoms with E-state index in [0.717, 1.165) is 24.4 Å². The smallest absolute Gasteiger partial charge is 0.303 e. The molecular formula is C14H23N3O3. The Labute approximate surface area is 119 Å². The van der Waals surface area contributed by atoms with Gasteiger partial charge < -0.3 is 10.4 Å². The fourth-order valence-electron chi connectivity index (χ4n) is 2.12. The van der Waals surface area contributed by atoms with Gasteiger partial charge >= 0.3 is 5.97 Å². The quantitative estimate of drug-likeness (QED) is 0.707. The minimum Gasteiger partial charge on any atom is -0.481 e. The van der Waals surface area contributed by atoms with Crippen LogP contribution in [0, 0.1) is 19.8 Å². The molecule has 0 saturated heterocycles. The standard InChI is InChI=1S/C14H23N3O3/c1-10(8-14(19)20)7-13(18)15-5-4-6-17-12(3)9-11(2)16-17/h9-10H,4-8H2,1-3H3,(H,15,18)(H,19,20). The highest BCUT2D eigenvalue weighted by molar-refractivity contribution is 5.77. The van der Waals surface area contributed by atoms with Crippen molar-refractivity contribution >= 4 is 11.9 Å². The van der Waals surface area contributed by atoms with Crippen molar-refractivity contribution in [1.29, 1.82) is 0 Å². The molecule has 2 N–H and O–H groups in total.